The second kappa shape index (κ2) is 5.31. The number of nitrogens with one attached hydrogen (secondary N) is 1. The summed E-state index contributed by atoms with van der Waals surface area (Å²) in [4.78, 5) is 11.4. The average molecular weight is 238 g/mol. The van der Waals surface area contributed by atoms with Crippen molar-refractivity contribution in [2.24, 2.45) is 18.2 Å². The summed E-state index contributed by atoms with van der Waals surface area (Å²) >= 11 is 0. The van der Waals surface area contributed by atoms with Crippen molar-refractivity contribution in [1.82, 2.24) is 9.78 Å². The van der Waals surface area contributed by atoms with Gasteiger partial charge >= 0.3 is 0 Å². The van der Waals surface area contributed by atoms with Crippen LogP contribution in [-0.2, 0) is 18.3 Å². The van der Waals surface area contributed by atoms with Crippen LogP contribution < -0.4 is 11.1 Å². The van der Waals surface area contributed by atoms with Crippen molar-refractivity contribution in [1.29, 1.82) is 0 Å². The maximum atomic E-state index is 11.4. The molecule has 0 radical (unpaired) electrons. The summed E-state index contributed by atoms with van der Waals surface area (Å²) in [5.41, 5.74) is 6.50. The summed E-state index contributed by atoms with van der Waals surface area (Å²) in [5, 5.41) is 7.18. The monoisotopic (exact) mass is 238 g/mol. The summed E-state index contributed by atoms with van der Waals surface area (Å²) in [7, 11) is 1.82. The predicted octanol–water partition coefficient (Wildman–Crippen LogP) is 1.30. The molecule has 1 rings (SSSR count). The van der Waals surface area contributed by atoms with Gasteiger partial charge < -0.3 is 11.1 Å². The van der Waals surface area contributed by atoms with Gasteiger partial charge in [0.05, 0.1) is 5.69 Å². The van der Waals surface area contributed by atoms with E-state index in [0.29, 0.717) is 13.0 Å². The fourth-order valence-electron chi connectivity index (χ4n) is 1.61. The molecule has 0 spiro atoms. The smallest absolute Gasteiger partial charge is 0.226 e. The first-order chi connectivity index (χ1) is 7.81. The number of hydrogen-bond donors (Lipinski definition) is 2. The number of rotatable bonds is 4. The van der Waals surface area contributed by atoms with E-state index in [1.54, 1.807) is 4.68 Å². The van der Waals surface area contributed by atoms with E-state index in [1.807, 2.05) is 13.1 Å². The first-order valence-corrected chi connectivity index (χ1v) is 5.84. The van der Waals surface area contributed by atoms with E-state index in [9.17, 15) is 4.79 Å². The minimum absolute atomic E-state index is 0.0715. The van der Waals surface area contributed by atoms with Gasteiger partial charge in [0.15, 0.2) is 0 Å². The minimum Gasteiger partial charge on any atom is -0.330 e. The number of aryl methyl sites for hydroxylation is 1. The van der Waals surface area contributed by atoms with Gasteiger partial charge in [0, 0.05) is 26.1 Å². The first-order valence-electron chi connectivity index (χ1n) is 5.84. The Bertz CT molecular complexity index is 390. The van der Waals surface area contributed by atoms with Gasteiger partial charge in [-0.3, -0.25) is 9.48 Å². The third kappa shape index (κ3) is 4.56. The number of aromatic nitrogens is 2. The van der Waals surface area contributed by atoms with Gasteiger partial charge in [-0.2, -0.15) is 5.10 Å². The lowest BCUT2D eigenvalue weighted by atomic mass is 9.91. The molecule has 0 aliphatic carbocycles. The van der Waals surface area contributed by atoms with Crippen LogP contribution in [0.2, 0.25) is 0 Å². The topological polar surface area (TPSA) is 72.9 Å². The second-order valence-electron chi connectivity index (χ2n) is 5.47. The molecule has 0 aromatic carbocycles. The third-order valence-electron chi connectivity index (χ3n) is 2.28. The van der Waals surface area contributed by atoms with Crippen molar-refractivity contribution in [2.75, 3.05) is 11.9 Å². The highest BCUT2D eigenvalue weighted by molar-refractivity contribution is 5.89. The lowest BCUT2D eigenvalue weighted by Crippen LogP contribution is -2.17. The van der Waals surface area contributed by atoms with Gasteiger partial charge in [-0.25, -0.2) is 0 Å². The maximum Gasteiger partial charge on any atom is 0.226 e. The molecule has 0 saturated carbocycles. The number of amides is 1. The standard InChI is InChI=1S/C12H22N4O/c1-12(2,3)8-9-7-10(16(4)15-9)14-11(17)5-6-13/h7H,5-6,8,13H2,1-4H3,(H,14,17). The van der Waals surface area contributed by atoms with Crippen LogP contribution in [0.1, 0.15) is 32.9 Å². The van der Waals surface area contributed by atoms with E-state index < -0.39 is 0 Å². The molecule has 0 saturated heterocycles. The fourth-order valence-corrected chi connectivity index (χ4v) is 1.61. The molecule has 1 heterocycles. The molecule has 5 heteroatoms. The number of anilines is 1. The maximum absolute atomic E-state index is 11.4. The Labute approximate surface area is 102 Å². The molecule has 17 heavy (non-hydrogen) atoms. The molecule has 0 aliphatic heterocycles. The molecule has 1 aromatic rings. The van der Waals surface area contributed by atoms with Gasteiger partial charge in [0.2, 0.25) is 5.91 Å². The average Bonchev–Trinajstić information content (AvgIpc) is 2.43. The number of carbonyl (C=O) groups is 1. The van der Waals surface area contributed by atoms with Crippen molar-refractivity contribution < 1.29 is 4.79 Å². The molecule has 1 amide bonds. The van der Waals surface area contributed by atoms with Gasteiger partial charge in [0.25, 0.3) is 0 Å². The molecule has 0 bridgehead atoms. The normalized spacial score (nSPS) is 11.6. The fraction of sp³-hybridized carbons (Fsp3) is 0.667. The number of carbonyl (C=O) groups excluding carboxylic acids is 1. The molecule has 3 N–H and O–H groups in total. The van der Waals surface area contributed by atoms with Crippen molar-refractivity contribution >= 4 is 11.7 Å². The largest absolute Gasteiger partial charge is 0.330 e. The number of nitrogens with zero attached hydrogens (tertiary/aromatic N) is 2. The Hall–Kier alpha value is -1.36. The summed E-state index contributed by atoms with van der Waals surface area (Å²) in [5.74, 6) is 0.653. The Morgan fingerprint density at radius 2 is 2.18 bits per heavy atom. The van der Waals surface area contributed by atoms with Gasteiger partial charge in [-0.05, 0) is 11.8 Å². The molecule has 96 valence electrons. The van der Waals surface area contributed by atoms with E-state index in [1.165, 1.54) is 0 Å². The zero-order chi connectivity index (χ0) is 13.1. The Morgan fingerprint density at radius 1 is 1.53 bits per heavy atom. The Morgan fingerprint density at radius 3 is 2.71 bits per heavy atom. The minimum atomic E-state index is -0.0715. The van der Waals surface area contributed by atoms with E-state index in [2.05, 4.69) is 31.2 Å². The Balaban J connectivity index is 2.72. The summed E-state index contributed by atoms with van der Waals surface area (Å²) in [6, 6.07) is 1.92. The van der Waals surface area contributed by atoms with Crippen LogP contribution in [0.5, 0.6) is 0 Å². The van der Waals surface area contributed by atoms with Crippen LogP contribution >= 0.6 is 0 Å². The molecule has 0 atom stereocenters. The Kier molecular flexibility index (Phi) is 4.28. The van der Waals surface area contributed by atoms with Crippen LogP contribution in [0.15, 0.2) is 6.07 Å². The highest BCUT2D eigenvalue weighted by Crippen LogP contribution is 2.21. The van der Waals surface area contributed by atoms with E-state index in [4.69, 9.17) is 5.73 Å². The van der Waals surface area contributed by atoms with Crippen molar-refractivity contribution in [3.63, 3.8) is 0 Å². The SMILES string of the molecule is Cn1nc(CC(C)(C)C)cc1NC(=O)CCN. The zero-order valence-corrected chi connectivity index (χ0v) is 11.1. The van der Waals surface area contributed by atoms with Crippen LogP contribution in [0.3, 0.4) is 0 Å². The highest BCUT2D eigenvalue weighted by atomic mass is 16.1. The van der Waals surface area contributed by atoms with Crippen molar-refractivity contribution in [2.45, 2.75) is 33.6 Å². The molecule has 1 aromatic heterocycles. The van der Waals surface area contributed by atoms with Gasteiger partial charge in [0.1, 0.15) is 5.82 Å². The first kappa shape index (κ1) is 13.7. The van der Waals surface area contributed by atoms with Crippen LogP contribution in [-0.4, -0.2) is 22.2 Å². The van der Waals surface area contributed by atoms with Crippen molar-refractivity contribution in [3.8, 4) is 0 Å². The highest BCUT2D eigenvalue weighted by Gasteiger charge is 2.15. The molecular formula is C12H22N4O. The molecule has 0 fully saturated rings. The molecule has 0 aliphatic rings. The quantitative estimate of drug-likeness (QED) is 0.830. The van der Waals surface area contributed by atoms with Crippen LogP contribution in [0, 0.1) is 5.41 Å². The number of hydrogen-bond acceptors (Lipinski definition) is 3. The van der Waals surface area contributed by atoms with Gasteiger partial charge in [-0.1, -0.05) is 20.8 Å². The molecule has 0 unspecified atom stereocenters. The molecule has 5 nitrogen and oxygen atoms in total. The van der Waals surface area contributed by atoms with E-state index in [0.717, 1.165) is 17.9 Å². The summed E-state index contributed by atoms with van der Waals surface area (Å²) in [6.45, 7) is 6.84. The number of nitrogens with two attached hydrogens (primary N) is 1. The summed E-state index contributed by atoms with van der Waals surface area (Å²) in [6.07, 6.45) is 1.22. The third-order valence-corrected chi connectivity index (χ3v) is 2.28. The lowest BCUT2D eigenvalue weighted by Gasteiger charge is -2.15. The summed E-state index contributed by atoms with van der Waals surface area (Å²) < 4.78 is 1.69. The predicted molar refractivity (Wildman–Crippen MR) is 68.7 cm³/mol. The zero-order valence-electron chi connectivity index (χ0n) is 11.1. The van der Waals surface area contributed by atoms with Crippen molar-refractivity contribution in [3.05, 3.63) is 11.8 Å². The van der Waals surface area contributed by atoms with Gasteiger partial charge in [-0.15, -0.1) is 0 Å². The second-order valence-corrected chi connectivity index (χ2v) is 5.47. The lowest BCUT2D eigenvalue weighted by molar-refractivity contribution is -0.116. The molecular weight excluding hydrogens is 216 g/mol. The van der Waals surface area contributed by atoms with Crippen LogP contribution in [0.25, 0.3) is 0 Å². The van der Waals surface area contributed by atoms with Crippen LogP contribution in [0.4, 0.5) is 5.82 Å². The van der Waals surface area contributed by atoms with E-state index >= 15 is 0 Å². The van der Waals surface area contributed by atoms with E-state index in [-0.39, 0.29) is 11.3 Å².